The average Bonchev–Trinajstić information content (AvgIpc) is 3.68. The third-order valence-corrected chi connectivity index (χ3v) is 9.80. The van der Waals surface area contributed by atoms with E-state index in [-0.39, 0.29) is 0 Å². The van der Waals surface area contributed by atoms with Gasteiger partial charge in [-0.3, -0.25) is 0 Å². The van der Waals surface area contributed by atoms with E-state index in [1.165, 1.54) is 42.4 Å². The molecule has 2 aromatic heterocycles. The zero-order valence-corrected chi connectivity index (χ0v) is 25.2. The molecule has 9 rings (SSSR count). The van der Waals surface area contributed by atoms with E-state index in [0.29, 0.717) is 0 Å². The summed E-state index contributed by atoms with van der Waals surface area (Å²) in [4.78, 5) is 2.36. The predicted molar refractivity (Wildman–Crippen MR) is 192 cm³/mol. The number of benzene rings is 7. The molecule has 3 heteroatoms. The molecule has 0 aliphatic heterocycles. The second-order valence-corrected chi connectivity index (χ2v) is 12.4. The monoisotopic (exact) mass is 593 g/mol. The summed E-state index contributed by atoms with van der Waals surface area (Å²) in [6.45, 7) is 0. The molecule has 0 amide bonds. The van der Waals surface area contributed by atoms with Crippen molar-refractivity contribution in [3.05, 3.63) is 164 Å². The molecule has 0 radical (unpaired) electrons. The highest BCUT2D eigenvalue weighted by Gasteiger charge is 2.20. The molecule has 2 heterocycles. The fraction of sp³-hybridized carbons (Fsp3) is 0. The van der Waals surface area contributed by atoms with Gasteiger partial charge in [0.25, 0.3) is 0 Å². The van der Waals surface area contributed by atoms with Gasteiger partial charge in [-0.25, -0.2) is 0 Å². The summed E-state index contributed by atoms with van der Waals surface area (Å²) < 4.78 is 8.96. The first-order chi connectivity index (χ1) is 22.3. The van der Waals surface area contributed by atoms with Crippen molar-refractivity contribution in [2.24, 2.45) is 0 Å². The largest absolute Gasteiger partial charge is 0.456 e. The average molecular weight is 594 g/mol. The van der Waals surface area contributed by atoms with E-state index >= 15 is 0 Å². The van der Waals surface area contributed by atoms with Gasteiger partial charge in [-0.05, 0) is 76.9 Å². The summed E-state index contributed by atoms with van der Waals surface area (Å²) in [5.41, 5.74) is 9.83. The first-order valence-corrected chi connectivity index (χ1v) is 16.0. The lowest BCUT2D eigenvalue weighted by Gasteiger charge is -2.27. The number of hydrogen-bond donors (Lipinski definition) is 0. The van der Waals surface area contributed by atoms with Crippen molar-refractivity contribution in [1.82, 2.24) is 0 Å². The van der Waals surface area contributed by atoms with Crippen LogP contribution in [0.25, 0.3) is 64.4 Å². The van der Waals surface area contributed by atoms with Crippen LogP contribution in [0.5, 0.6) is 0 Å². The van der Waals surface area contributed by atoms with Crippen LogP contribution in [0.2, 0.25) is 0 Å². The first kappa shape index (κ1) is 25.8. The second kappa shape index (κ2) is 10.5. The van der Waals surface area contributed by atoms with Crippen LogP contribution in [0.1, 0.15) is 0 Å². The van der Waals surface area contributed by atoms with Crippen molar-refractivity contribution in [3.63, 3.8) is 0 Å². The number of hydrogen-bond acceptors (Lipinski definition) is 3. The molecule has 45 heavy (non-hydrogen) atoms. The molecule has 0 N–H and O–H groups in total. The van der Waals surface area contributed by atoms with E-state index in [9.17, 15) is 0 Å². The molecule has 0 unspecified atom stereocenters. The molecule has 0 aliphatic carbocycles. The molecule has 212 valence electrons. The molecular weight excluding hydrogens is 567 g/mol. The van der Waals surface area contributed by atoms with E-state index < -0.39 is 0 Å². The Labute approximate surface area is 265 Å². The third kappa shape index (κ3) is 4.40. The highest BCUT2D eigenvalue weighted by Crippen LogP contribution is 2.44. The van der Waals surface area contributed by atoms with Gasteiger partial charge in [-0.15, -0.1) is 11.3 Å². The number of thiophene rings is 1. The van der Waals surface area contributed by atoms with Crippen molar-refractivity contribution in [1.29, 1.82) is 0 Å². The molecule has 0 saturated carbocycles. The van der Waals surface area contributed by atoms with Crippen molar-refractivity contribution in [3.8, 4) is 22.3 Å². The van der Waals surface area contributed by atoms with Crippen LogP contribution in [-0.2, 0) is 0 Å². The Hall–Kier alpha value is -5.64. The maximum Gasteiger partial charge on any atom is 0.137 e. The Morgan fingerprint density at radius 3 is 1.93 bits per heavy atom. The van der Waals surface area contributed by atoms with E-state index in [4.69, 9.17) is 4.42 Å². The van der Waals surface area contributed by atoms with Crippen molar-refractivity contribution in [2.75, 3.05) is 4.90 Å². The van der Waals surface area contributed by atoms with Gasteiger partial charge in [0.1, 0.15) is 11.2 Å². The van der Waals surface area contributed by atoms with Crippen LogP contribution in [0.3, 0.4) is 0 Å². The highest BCUT2D eigenvalue weighted by atomic mass is 32.1. The van der Waals surface area contributed by atoms with E-state index in [0.717, 1.165) is 39.0 Å². The number of anilines is 3. The van der Waals surface area contributed by atoms with Gasteiger partial charge < -0.3 is 9.32 Å². The Kier molecular flexibility index (Phi) is 6.03. The number of nitrogens with zero attached hydrogens (tertiary/aromatic N) is 1. The fourth-order valence-corrected chi connectivity index (χ4v) is 7.68. The van der Waals surface area contributed by atoms with Gasteiger partial charge in [-0.1, -0.05) is 109 Å². The number of para-hydroxylation sites is 1. The molecular formula is C42H27NOS. The van der Waals surface area contributed by atoms with Crippen molar-refractivity contribution >= 4 is 70.5 Å². The zero-order chi connectivity index (χ0) is 29.7. The van der Waals surface area contributed by atoms with Gasteiger partial charge in [0.15, 0.2) is 0 Å². The zero-order valence-electron chi connectivity index (χ0n) is 24.4. The molecule has 0 aliphatic rings. The second-order valence-electron chi connectivity index (χ2n) is 11.4. The minimum Gasteiger partial charge on any atom is -0.456 e. The van der Waals surface area contributed by atoms with Crippen LogP contribution in [0.15, 0.2) is 168 Å². The molecule has 0 atom stereocenters. The minimum absolute atomic E-state index is 0.881. The van der Waals surface area contributed by atoms with Crippen LogP contribution in [0, 0.1) is 0 Å². The summed E-state index contributed by atoms with van der Waals surface area (Å²) in [6.07, 6.45) is 0. The summed E-state index contributed by atoms with van der Waals surface area (Å²) in [5, 5.41) is 4.86. The molecule has 2 nitrogen and oxygen atoms in total. The Bertz CT molecular complexity index is 2490. The van der Waals surface area contributed by atoms with Crippen LogP contribution in [-0.4, -0.2) is 0 Å². The smallest absolute Gasteiger partial charge is 0.137 e. The maximum atomic E-state index is 6.33. The van der Waals surface area contributed by atoms with Gasteiger partial charge in [0.2, 0.25) is 0 Å². The first-order valence-electron chi connectivity index (χ1n) is 15.2. The van der Waals surface area contributed by atoms with E-state index in [1.54, 1.807) is 0 Å². The lowest BCUT2D eigenvalue weighted by atomic mass is 10.0. The Balaban J connectivity index is 1.22. The van der Waals surface area contributed by atoms with Gasteiger partial charge in [-0.2, -0.15) is 0 Å². The SMILES string of the molecule is c1ccc(-c2ccc(N(c3cccc(-c4ccc5c(c4)sc4ccccc45)c3)c3cccc4oc5ccccc5c34)cc2)cc1. The summed E-state index contributed by atoms with van der Waals surface area (Å²) in [6, 6.07) is 58.5. The highest BCUT2D eigenvalue weighted by molar-refractivity contribution is 7.25. The molecule has 0 fully saturated rings. The molecule has 7 aromatic carbocycles. The normalized spacial score (nSPS) is 11.6. The van der Waals surface area contributed by atoms with Gasteiger partial charge in [0, 0.05) is 36.9 Å². The van der Waals surface area contributed by atoms with Gasteiger partial charge in [0.05, 0.1) is 11.1 Å². The van der Waals surface area contributed by atoms with Crippen molar-refractivity contribution < 1.29 is 4.42 Å². The molecule has 0 bridgehead atoms. The third-order valence-electron chi connectivity index (χ3n) is 8.67. The minimum atomic E-state index is 0.881. The predicted octanol–water partition coefficient (Wildman–Crippen LogP) is 12.8. The molecule has 0 spiro atoms. The Morgan fingerprint density at radius 1 is 0.400 bits per heavy atom. The summed E-state index contributed by atoms with van der Waals surface area (Å²) in [5.74, 6) is 0. The standard InChI is InChI=1S/C42H27NOS/c1-2-10-28(11-3-1)29-20-23-32(24-21-29)43(37-16-9-18-39-42(37)36-15-4-6-17-38(36)44-39)33-13-8-12-30(26-33)31-22-25-35-34-14-5-7-19-40(34)45-41(35)27-31/h1-27H. The topological polar surface area (TPSA) is 16.4 Å². The van der Waals surface area contributed by atoms with E-state index in [2.05, 4.69) is 157 Å². The van der Waals surface area contributed by atoms with Crippen LogP contribution in [0.4, 0.5) is 17.1 Å². The lowest BCUT2D eigenvalue weighted by molar-refractivity contribution is 0.669. The number of fused-ring (bicyclic) bond motifs is 6. The lowest BCUT2D eigenvalue weighted by Crippen LogP contribution is -2.10. The molecule has 9 aromatic rings. The van der Waals surface area contributed by atoms with Crippen LogP contribution < -0.4 is 4.90 Å². The van der Waals surface area contributed by atoms with Crippen LogP contribution >= 0.6 is 11.3 Å². The quantitative estimate of drug-likeness (QED) is 0.197. The number of furan rings is 1. The van der Waals surface area contributed by atoms with Crippen molar-refractivity contribution in [2.45, 2.75) is 0 Å². The van der Waals surface area contributed by atoms with Gasteiger partial charge >= 0.3 is 0 Å². The van der Waals surface area contributed by atoms with E-state index in [1.807, 2.05) is 23.5 Å². The summed E-state index contributed by atoms with van der Waals surface area (Å²) >= 11 is 1.86. The fourth-order valence-electron chi connectivity index (χ4n) is 6.53. The molecule has 0 saturated heterocycles. The summed E-state index contributed by atoms with van der Waals surface area (Å²) in [7, 11) is 0. The Morgan fingerprint density at radius 2 is 1.04 bits per heavy atom. The number of rotatable bonds is 5. The maximum absolute atomic E-state index is 6.33.